The molecule has 11 heteroatoms. The molecule has 8 nitrogen and oxygen atoms in total. The second kappa shape index (κ2) is 11.0. The molecule has 33 heavy (non-hydrogen) atoms. The maximum atomic E-state index is 10.6. The largest absolute Gasteiger partial charge is 0.490 e. The van der Waals surface area contributed by atoms with Gasteiger partial charge in [0, 0.05) is 38.8 Å². The number of alkyl halides is 3. The van der Waals surface area contributed by atoms with E-state index in [4.69, 9.17) is 14.6 Å². The van der Waals surface area contributed by atoms with Crippen LogP contribution in [0.5, 0.6) is 0 Å². The van der Waals surface area contributed by atoms with Crippen molar-refractivity contribution in [3.63, 3.8) is 0 Å². The Morgan fingerprint density at radius 1 is 1.18 bits per heavy atom. The normalized spacial score (nSPS) is 15.9. The van der Waals surface area contributed by atoms with Crippen molar-refractivity contribution in [2.45, 2.75) is 31.8 Å². The Labute approximate surface area is 188 Å². The second-order valence-corrected chi connectivity index (χ2v) is 7.54. The summed E-state index contributed by atoms with van der Waals surface area (Å²) in [5.74, 6) is -2.50. The van der Waals surface area contributed by atoms with Crippen molar-refractivity contribution in [2.75, 3.05) is 13.2 Å². The Kier molecular flexibility index (Phi) is 8.12. The van der Waals surface area contributed by atoms with E-state index in [0.29, 0.717) is 13.2 Å². The smallest absolute Gasteiger partial charge is 0.475 e. The molecule has 1 aromatic carbocycles. The highest BCUT2D eigenvalue weighted by Crippen LogP contribution is 2.28. The Balaban J connectivity index is 0.000000383. The van der Waals surface area contributed by atoms with E-state index in [9.17, 15) is 13.2 Å². The molecule has 0 amide bonds. The highest BCUT2D eigenvalue weighted by atomic mass is 19.4. The van der Waals surface area contributed by atoms with E-state index in [1.165, 1.54) is 11.3 Å². The molecule has 1 N–H and O–H groups in total. The molecule has 0 aliphatic carbocycles. The summed E-state index contributed by atoms with van der Waals surface area (Å²) < 4.78 is 39.7. The van der Waals surface area contributed by atoms with Gasteiger partial charge >= 0.3 is 12.1 Å². The first-order valence-electron chi connectivity index (χ1n) is 10.2. The molecular weight excluding hydrogens is 439 g/mol. The number of aliphatic carboxylic acids is 1. The minimum atomic E-state index is -5.08. The highest BCUT2D eigenvalue weighted by Gasteiger charge is 2.38. The number of nitrogens with zero attached hydrogens (tertiary/aromatic N) is 5. The number of ether oxygens (including phenoxy) is 1. The number of carboxylic acid groups (broad SMARTS) is 1. The van der Waals surface area contributed by atoms with Gasteiger partial charge in [0.25, 0.3) is 0 Å². The minimum absolute atomic E-state index is 0.256. The zero-order valence-electron chi connectivity index (χ0n) is 17.9. The van der Waals surface area contributed by atoms with Crippen molar-refractivity contribution in [3.05, 3.63) is 77.4 Å². The van der Waals surface area contributed by atoms with Crippen molar-refractivity contribution >= 4 is 5.97 Å². The first kappa shape index (κ1) is 24.3. The lowest BCUT2D eigenvalue weighted by Gasteiger charge is -2.31. The molecule has 1 aliphatic heterocycles. The van der Waals surface area contributed by atoms with Gasteiger partial charge in [-0.15, -0.1) is 5.10 Å². The lowest BCUT2D eigenvalue weighted by molar-refractivity contribution is -0.192. The van der Waals surface area contributed by atoms with Crippen LogP contribution in [0.2, 0.25) is 0 Å². The van der Waals surface area contributed by atoms with Crippen LogP contribution in [0.25, 0.3) is 0 Å². The second-order valence-electron chi connectivity index (χ2n) is 7.54. The van der Waals surface area contributed by atoms with Crippen LogP contribution >= 0.6 is 0 Å². The van der Waals surface area contributed by atoms with E-state index in [2.05, 4.69) is 38.4 Å². The van der Waals surface area contributed by atoms with Gasteiger partial charge in [-0.2, -0.15) is 13.2 Å². The molecule has 0 fully saturated rings. The van der Waals surface area contributed by atoms with Gasteiger partial charge in [0.1, 0.15) is 5.69 Å². The molecule has 0 spiro atoms. The van der Waals surface area contributed by atoms with Gasteiger partial charge in [-0.1, -0.05) is 41.6 Å². The molecule has 0 bridgehead atoms. The number of benzene rings is 1. The number of aryl methyl sites for hydroxylation is 1. The van der Waals surface area contributed by atoms with Gasteiger partial charge in [0.2, 0.25) is 0 Å². The molecule has 0 saturated carbocycles. The lowest BCUT2D eigenvalue weighted by Crippen LogP contribution is -2.36. The number of carbonyl (C=O) groups is 1. The highest BCUT2D eigenvalue weighted by molar-refractivity contribution is 5.73. The van der Waals surface area contributed by atoms with Crippen LogP contribution in [0.15, 0.2) is 54.7 Å². The predicted molar refractivity (Wildman–Crippen MR) is 112 cm³/mol. The number of rotatable bonds is 6. The molecule has 3 heterocycles. The predicted octanol–water partition coefficient (Wildman–Crippen LogP) is 3.16. The number of hydrogen-bond acceptors (Lipinski definition) is 6. The fourth-order valence-corrected chi connectivity index (χ4v) is 3.56. The summed E-state index contributed by atoms with van der Waals surface area (Å²) in [7, 11) is 1.96. The summed E-state index contributed by atoms with van der Waals surface area (Å²) >= 11 is 0. The Hall–Kier alpha value is -3.31. The zero-order valence-corrected chi connectivity index (χ0v) is 17.9. The maximum Gasteiger partial charge on any atom is 0.490 e. The summed E-state index contributed by atoms with van der Waals surface area (Å²) in [5.41, 5.74) is 4.50. The van der Waals surface area contributed by atoms with Crippen molar-refractivity contribution in [1.82, 2.24) is 24.9 Å². The third kappa shape index (κ3) is 7.09. The number of hydrogen-bond donors (Lipinski definition) is 1. The monoisotopic (exact) mass is 463 g/mol. The quantitative estimate of drug-likeness (QED) is 0.600. The standard InChI is InChI=1S/C20H23N5O.C2HF3O2/c1-24-20-17(15-26-14-16-7-3-2-4-8-16)11-25(13-19(20)22-23-24)12-18-9-5-6-10-21-18;3-2(4,5)1(6)7/h2-10,17H,11-15H2,1H3;(H,6,7). The summed E-state index contributed by atoms with van der Waals surface area (Å²) in [5, 5.41) is 15.7. The average Bonchev–Trinajstić information content (AvgIpc) is 3.16. The van der Waals surface area contributed by atoms with Crippen molar-refractivity contribution in [2.24, 2.45) is 7.05 Å². The van der Waals surface area contributed by atoms with E-state index < -0.39 is 12.1 Å². The van der Waals surface area contributed by atoms with Gasteiger partial charge in [-0.3, -0.25) is 14.6 Å². The number of pyridine rings is 1. The summed E-state index contributed by atoms with van der Waals surface area (Å²) in [6.45, 7) is 3.81. The van der Waals surface area contributed by atoms with Crippen LogP contribution in [-0.2, 0) is 36.3 Å². The van der Waals surface area contributed by atoms with E-state index in [1.54, 1.807) is 0 Å². The van der Waals surface area contributed by atoms with Crippen LogP contribution in [0.3, 0.4) is 0 Å². The number of fused-ring (bicyclic) bond motifs is 1. The molecule has 4 rings (SSSR count). The number of halogens is 3. The molecule has 1 aliphatic rings. The van der Waals surface area contributed by atoms with Crippen LogP contribution < -0.4 is 0 Å². The topological polar surface area (TPSA) is 93.4 Å². The molecule has 0 saturated heterocycles. The van der Waals surface area contributed by atoms with Crippen molar-refractivity contribution < 1.29 is 27.8 Å². The molecule has 2 aromatic heterocycles. The summed E-state index contributed by atoms with van der Waals surface area (Å²) in [6, 6.07) is 16.3. The maximum absolute atomic E-state index is 10.6. The molecule has 0 radical (unpaired) electrons. The molecule has 1 unspecified atom stereocenters. The van der Waals surface area contributed by atoms with Crippen LogP contribution in [-0.4, -0.2) is 55.3 Å². The fourth-order valence-electron chi connectivity index (χ4n) is 3.56. The van der Waals surface area contributed by atoms with Gasteiger partial charge in [0.05, 0.1) is 24.6 Å². The first-order chi connectivity index (χ1) is 15.7. The van der Waals surface area contributed by atoms with E-state index in [0.717, 1.165) is 31.0 Å². The van der Waals surface area contributed by atoms with Crippen LogP contribution in [0, 0.1) is 0 Å². The average molecular weight is 463 g/mol. The van der Waals surface area contributed by atoms with Gasteiger partial charge in [0.15, 0.2) is 0 Å². The summed E-state index contributed by atoms with van der Waals surface area (Å²) in [6.07, 6.45) is -3.24. The minimum Gasteiger partial charge on any atom is -0.475 e. The molecular formula is C22H24F3N5O3. The van der Waals surface area contributed by atoms with E-state index >= 15 is 0 Å². The Morgan fingerprint density at radius 2 is 1.88 bits per heavy atom. The SMILES string of the molecule is Cn1nnc2c1C(COCc1ccccc1)CN(Cc1ccccn1)C2.O=C(O)C(F)(F)F. The number of aromatic nitrogens is 4. The van der Waals surface area contributed by atoms with Gasteiger partial charge in [-0.05, 0) is 17.7 Å². The van der Waals surface area contributed by atoms with Gasteiger partial charge in [-0.25, -0.2) is 4.79 Å². The van der Waals surface area contributed by atoms with Crippen LogP contribution in [0.4, 0.5) is 13.2 Å². The molecule has 1 atom stereocenters. The first-order valence-corrected chi connectivity index (χ1v) is 10.2. The Morgan fingerprint density at radius 3 is 2.52 bits per heavy atom. The van der Waals surface area contributed by atoms with E-state index in [-0.39, 0.29) is 5.92 Å². The van der Waals surface area contributed by atoms with Crippen molar-refractivity contribution in [1.29, 1.82) is 0 Å². The van der Waals surface area contributed by atoms with Gasteiger partial charge < -0.3 is 9.84 Å². The zero-order chi connectivity index (χ0) is 23.8. The Bertz CT molecular complexity index is 1030. The number of carboxylic acids is 1. The molecule has 3 aromatic rings. The van der Waals surface area contributed by atoms with E-state index in [1.807, 2.05) is 48.3 Å². The van der Waals surface area contributed by atoms with Crippen LogP contribution in [0.1, 0.15) is 28.6 Å². The fraction of sp³-hybridized carbons (Fsp3) is 0.364. The summed E-state index contributed by atoms with van der Waals surface area (Å²) in [4.78, 5) is 15.7. The lowest BCUT2D eigenvalue weighted by atomic mass is 9.98. The third-order valence-corrected chi connectivity index (χ3v) is 4.97. The molecule has 176 valence electrons. The third-order valence-electron chi connectivity index (χ3n) is 4.97. The van der Waals surface area contributed by atoms with Crippen molar-refractivity contribution in [3.8, 4) is 0 Å².